The second-order valence-electron chi connectivity index (χ2n) is 23.9. The molecule has 0 atom stereocenters. The average molecular weight is 989 g/mol. The molecule has 0 aliphatic carbocycles. The zero-order valence-electron chi connectivity index (χ0n) is 45.0. The van der Waals surface area contributed by atoms with Crippen molar-refractivity contribution < 1.29 is 17.9 Å². The van der Waals surface area contributed by atoms with Crippen LogP contribution in [0.5, 0.6) is 11.5 Å². The van der Waals surface area contributed by atoms with Crippen molar-refractivity contribution in [3.63, 3.8) is 0 Å². The van der Waals surface area contributed by atoms with Crippen LogP contribution < -0.4 is 14.5 Å². The van der Waals surface area contributed by atoms with Gasteiger partial charge in [0.25, 0.3) is 0 Å². The van der Waals surface area contributed by atoms with E-state index in [0.717, 1.165) is 79.1 Å². The van der Waals surface area contributed by atoms with Gasteiger partial charge in [0.15, 0.2) is 0 Å². The number of rotatable bonds is 9. The summed E-state index contributed by atoms with van der Waals surface area (Å²) in [5.74, 6) is -0.273. The maximum absolute atomic E-state index is 16.6. The first-order chi connectivity index (χ1) is 34.9. The van der Waals surface area contributed by atoms with Crippen LogP contribution in [0, 0.1) is 17.5 Å². The van der Waals surface area contributed by atoms with Crippen LogP contribution in [0.4, 0.5) is 35.9 Å². The Hall–Kier alpha value is -7.32. The fraction of sp³-hybridized carbons (Fsp3) is 0.288. The summed E-state index contributed by atoms with van der Waals surface area (Å²) in [5.41, 5.74) is 11.9. The van der Waals surface area contributed by atoms with Crippen molar-refractivity contribution in [3.8, 4) is 39.6 Å². The Balaban J connectivity index is 1.15. The minimum absolute atomic E-state index is 0.0652. The Morgan fingerprint density at radius 3 is 1.73 bits per heavy atom. The molecule has 3 heterocycles. The van der Waals surface area contributed by atoms with Crippen molar-refractivity contribution in [2.24, 2.45) is 0 Å². The fourth-order valence-electron chi connectivity index (χ4n) is 10.3. The smallest absolute Gasteiger partial charge is 0.137 e. The summed E-state index contributed by atoms with van der Waals surface area (Å²) in [6.45, 7) is 28.6. The summed E-state index contributed by atoms with van der Waals surface area (Å²) in [6, 6.07) is 45.9. The Bertz CT molecular complexity index is 3590. The minimum Gasteiger partial charge on any atom is -0.457 e. The van der Waals surface area contributed by atoms with Gasteiger partial charge in [0.05, 0.1) is 33.7 Å². The third-order valence-electron chi connectivity index (χ3n) is 14.7. The number of hydrogen-bond donors (Lipinski definition) is 0. The number of fused-ring (bicyclic) bond motifs is 4. The van der Waals surface area contributed by atoms with Gasteiger partial charge in [0.1, 0.15) is 41.4 Å². The molecule has 0 saturated heterocycles. The second kappa shape index (κ2) is 18.6. The highest BCUT2D eigenvalue weighted by Crippen LogP contribution is 2.53. The summed E-state index contributed by atoms with van der Waals surface area (Å²) >= 11 is 0. The molecule has 1 aliphatic heterocycles. The molecule has 2 aromatic heterocycles. The van der Waals surface area contributed by atoms with Crippen LogP contribution in [0.25, 0.3) is 49.9 Å². The molecule has 1 aliphatic rings. The molecule has 0 bridgehead atoms. The lowest BCUT2D eigenvalue weighted by Gasteiger charge is -2.31. The van der Waals surface area contributed by atoms with Crippen LogP contribution in [0.2, 0.25) is 0 Å². The fourth-order valence-corrected chi connectivity index (χ4v) is 10.3. The van der Waals surface area contributed by atoms with Crippen molar-refractivity contribution in [2.75, 3.05) is 16.5 Å². The monoisotopic (exact) mass is 989 g/mol. The summed E-state index contributed by atoms with van der Waals surface area (Å²) in [4.78, 5) is 9.33. The van der Waals surface area contributed by atoms with Gasteiger partial charge in [-0.15, -0.1) is 0 Å². The van der Waals surface area contributed by atoms with Gasteiger partial charge in [0, 0.05) is 58.0 Å². The van der Waals surface area contributed by atoms with Gasteiger partial charge in [-0.3, -0.25) is 4.57 Å². The molecule has 0 fully saturated rings. The van der Waals surface area contributed by atoms with Gasteiger partial charge in [-0.05, 0) is 128 Å². The van der Waals surface area contributed by atoms with Crippen LogP contribution in [-0.4, -0.2) is 16.2 Å². The first kappa shape index (κ1) is 50.2. The Morgan fingerprint density at radius 1 is 0.514 bits per heavy atom. The molecule has 378 valence electrons. The molecular weight excluding hydrogens is 922 g/mol. The largest absolute Gasteiger partial charge is 0.457 e. The average Bonchev–Trinajstić information content (AvgIpc) is 3.88. The number of pyridine rings is 1. The highest BCUT2D eigenvalue weighted by molar-refractivity contribution is 6.09. The first-order valence-electron chi connectivity index (χ1n) is 25.9. The van der Waals surface area contributed by atoms with E-state index in [1.807, 2.05) is 30.5 Å². The third-order valence-corrected chi connectivity index (χ3v) is 14.7. The van der Waals surface area contributed by atoms with Crippen LogP contribution in [-0.2, 0) is 16.2 Å². The zero-order chi connectivity index (χ0) is 52.8. The predicted molar refractivity (Wildman–Crippen MR) is 302 cm³/mol. The molecule has 0 radical (unpaired) electrons. The van der Waals surface area contributed by atoms with Gasteiger partial charge in [-0.1, -0.05) is 139 Å². The van der Waals surface area contributed by atoms with E-state index in [1.54, 1.807) is 0 Å². The number of anilines is 4. The van der Waals surface area contributed by atoms with Crippen molar-refractivity contribution in [2.45, 2.75) is 118 Å². The zero-order valence-corrected chi connectivity index (χ0v) is 45.0. The number of aromatic nitrogens is 2. The molecule has 0 N–H and O–H groups in total. The van der Waals surface area contributed by atoms with Gasteiger partial charge < -0.3 is 14.5 Å². The summed E-state index contributed by atoms with van der Waals surface area (Å²) < 4.78 is 57.2. The van der Waals surface area contributed by atoms with Crippen molar-refractivity contribution in [1.82, 2.24) is 9.55 Å². The van der Waals surface area contributed by atoms with E-state index in [9.17, 15) is 4.39 Å². The molecule has 0 amide bonds. The normalized spacial score (nSPS) is 13.3. The standard InChI is InChI=1S/C66H67F3N4O/c1-39(2)41-26-42(40(3)4)28-43(27-41)53-31-46(66(11,12)13)32-54(62-55(68)34-47(67)35-56(62)69)63(53)72-38-71(58-20-16-17-21-59(58)72)48-29-45(65(8,9)10)30-50(36-48)74-49-22-23-52-51-18-14-15-19-57(51)73(60(52)37-49)61-33-44(24-25-70-61)64(5,6)7/h14-37,39-40H,38H2,1-13H3. The minimum atomic E-state index is -0.969. The number of halogens is 3. The molecule has 0 spiro atoms. The van der Waals surface area contributed by atoms with E-state index < -0.39 is 22.9 Å². The van der Waals surface area contributed by atoms with Crippen LogP contribution in [0.1, 0.15) is 130 Å². The molecule has 0 saturated carbocycles. The van der Waals surface area contributed by atoms with E-state index in [4.69, 9.17) is 9.72 Å². The maximum Gasteiger partial charge on any atom is 0.137 e. The summed E-state index contributed by atoms with van der Waals surface area (Å²) in [7, 11) is 0. The maximum atomic E-state index is 16.6. The third kappa shape index (κ3) is 9.33. The van der Waals surface area contributed by atoms with Crippen LogP contribution in [0.15, 0.2) is 146 Å². The van der Waals surface area contributed by atoms with Crippen molar-refractivity contribution in [3.05, 3.63) is 191 Å². The second-order valence-corrected chi connectivity index (χ2v) is 23.9. The highest BCUT2D eigenvalue weighted by Gasteiger charge is 2.35. The van der Waals surface area contributed by atoms with E-state index in [-0.39, 0.29) is 28.2 Å². The molecule has 7 aromatic carbocycles. The number of benzene rings is 7. The molecule has 74 heavy (non-hydrogen) atoms. The predicted octanol–water partition coefficient (Wildman–Crippen LogP) is 19.1. The molecule has 9 aromatic rings. The lowest BCUT2D eigenvalue weighted by atomic mass is 9.81. The van der Waals surface area contributed by atoms with Crippen molar-refractivity contribution in [1.29, 1.82) is 0 Å². The number of para-hydroxylation sites is 3. The molecule has 10 rings (SSSR count). The molecule has 0 unspecified atom stereocenters. The Kier molecular flexibility index (Phi) is 12.6. The van der Waals surface area contributed by atoms with Crippen molar-refractivity contribution >= 4 is 44.6 Å². The van der Waals surface area contributed by atoms with E-state index in [0.29, 0.717) is 29.4 Å². The van der Waals surface area contributed by atoms with E-state index in [2.05, 4.69) is 208 Å². The SMILES string of the molecule is CC(C)c1cc(-c2cc(C(C)(C)C)cc(-c3c(F)cc(F)cc3F)c2N2CN(c3cc(Oc4ccc5c6ccccc6n(-c6cc(C(C)(C)C)ccn6)c5c4)cc(C(C)(C)C)c3)c3ccccc32)cc(C(C)C)c1. The van der Waals surface area contributed by atoms with Crippen LogP contribution in [0.3, 0.4) is 0 Å². The van der Waals surface area contributed by atoms with E-state index in [1.165, 1.54) is 16.7 Å². The van der Waals surface area contributed by atoms with E-state index >= 15 is 8.78 Å². The Morgan fingerprint density at radius 2 is 1.09 bits per heavy atom. The molecular formula is C66H67F3N4O. The molecule has 5 nitrogen and oxygen atoms in total. The van der Waals surface area contributed by atoms with Gasteiger partial charge >= 0.3 is 0 Å². The summed E-state index contributed by atoms with van der Waals surface area (Å²) in [6.07, 6.45) is 1.89. The summed E-state index contributed by atoms with van der Waals surface area (Å²) in [5, 5.41) is 2.23. The quantitative estimate of drug-likeness (QED) is 0.144. The van der Waals surface area contributed by atoms with Gasteiger partial charge in [0.2, 0.25) is 0 Å². The van der Waals surface area contributed by atoms with Gasteiger partial charge in [-0.2, -0.15) is 0 Å². The van der Waals surface area contributed by atoms with Gasteiger partial charge in [-0.25, -0.2) is 18.2 Å². The van der Waals surface area contributed by atoms with Crippen LogP contribution >= 0.6 is 0 Å². The molecule has 8 heteroatoms. The highest BCUT2D eigenvalue weighted by atomic mass is 19.1. The topological polar surface area (TPSA) is 33.5 Å². The number of hydrogen-bond acceptors (Lipinski definition) is 4. The number of ether oxygens (including phenoxy) is 1. The number of nitrogens with zero attached hydrogens (tertiary/aromatic N) is 4. The lowest BCUT2D eigenvalue weighted by molar-refractivity contribution is 0.479. The first-order valence-corrected chi connectivity index (χ1v) is 25.9. The lowest BCUT2D eigenvalue weighted by Crippen LogP contribution is -2.26. The Labute approximate surface area is 435 Å².